The first-order valence-corrected chi connectivity index (χ1v) is 8.09. The molecule has 1 fully saturated rings. The Morgan fingerprint density at radius 2 is 1.77 bits per heavy atom. The van der Waals surface area contributed by atoms with Crippen molar-refractivity contribution < 1.29 is 9.59 Å². The lowest BCUT2D eigenvalue weighted by Gasteiger charge is -2.26. The second-order valence-corrected chi connectivity index (χ2v) is 6.29. The van der Waals surface area contributed by atoms with Crippen molar-refractivity contribution in [2.24, 2.45) is 11.8 Å². The number of anilines is 1. The number of nitrogens with zero attached hydrogens (tertiary/aromatic N) is 1. The van der Waals surface area contributed by atoms with Crippen molar-refractivity contribution in [3.05, 3.63) is 24.5 Å². The average Bonchev–Trinajstić information content (AvgIpc) is 2.53. The summed E-state index contributed by atoms with van der Waals surface area (Å²) in [6.45, 7) is 3.88. The minimum absolute atomic E-state index is 0.0169. The first-order chi connectivity index (χ1) is 10.6. The monoisotopic (exact) mass is 303 g/mol. The zero-order valence-corrected chi connectivity index (χ0v) is 13.3. The molecule has 1 aromatic rings. The molecule has 1 atom stereocenters. The van der Waals surface area contributed by atoms with Crippen molar-refractivity contribution in [2.45, 2.75) is 52.0 Å². The fraction of sp³-hybridized carbons (Fsp3) is 0.588. The molecule has 1 aliphatic rings. The van der Waals surface area contributed by atoms with E-state index in [1.807, 2.05) is 13.8 Å². The van der Waals surface area contributed by atoms with Gasteiger partial charge in [-0.3, -0.25) is 14.6 Å². The number of carbonyl (C=O) groups is 2. The van der Waals surface area contributed by atoms with E-state index < -0.39 is 6.04 Å². The Bertz CT molecular complexity index is 496. The summed E-state index contributed by atoms with van der Waals surface area (Å²) >= 11 is 0. The van der Waals surface area contributed by atoms with Gasteiger partial charge in [0.2, 0.25) is 11.8 Å². The molecule has 5 heteroatoms. The molecule has 1 aromatic heterocycles. The molecule has 2 rings (SSSR count). The Hall–Kier alpha value is -1.91. The molecule has 0 spiro atoms. The van der Waals surface area contributed by atoms with Gasteiger partial charge in [0.15, 0.2) is 0 Å². The molecule has 0 bridgehead atoms. The van der Waals surface area contributed by atoms with E-state index in [9.17, 15) is 9.59 Å². The van der Waals surface area contributed by atoms with Crippen LogP contribution in [0.3, 0.4) is 0 Å². The summed E-state index contributed by atoms with van der Waals surface area (Å²) in [6, 6.07) is 2.96. The second kappa shape index (κ2) is 7.92. The van der Waals surface area contributed by atoms with E-state index in [4.69, 9.17) is 0 Å². The lowest BCUT2D eigenvalue weighted by Crippen LogP contribution is -2.49. The minimum atomic E-state index is -0.511. The molecule has 0 aliphatic heterocycles. The fourth-order valence-corrected chi connectivity index (χ4v) is 2.83. The van der Waals surface area contributed by atoms with Crippen molar-refractivity contribution in [3.63, 3.8) is 0 Å². The zero-order valence-electron chi connectivity index (χ0n) is 13.3. The van der Waals surface area contributed by atoms with E-state index in [0.717, 1.165) is 25.7 Å². The van der Waals surface area contributed by atoms with Crippen molar-refractivity contribution in [1.82, 2.24) is 10.3 Å². The van der Waals surface area contributed by atoms with Crippen LogP contribution in [0.1, 0.15) is 46.0 Å². The highest BCUT2D eigenvalue weighted by Gasteiger charge is 2.28. The molecule has 0 saturated heterocycles. The third kappa shape index (κ3) is 4.55. The van der Waals surface area contributed by atoms with Crippen LogP contribution in [0.2, 0.25) is 0 Å². The molecule has 1 aliphatic carbocycles. The molecule has 1 saturated carbocycles. The average molecular weight is 303 g/mol. The molecular weight excluding hydrogens is 278 g/mol. The number of hydrogen-bond donors (Lipinski definition) is 2. The number of aromatic nitrogens is 1. The highest BCUT2D eigenvalue weighted by atomic mass is 16.2. The van der Waals surface area contributed by atoms with E-state index in [0.29, 0.717) is 5.69 Å². The molecule has 2 amide bonds. The molecule has 120 valence electrons. The molecule has 0 unspecified atom stereocenters. The van der Waals surface area contributed by atoms with Crippen molar-refractivity contribution >= 4 is 17.5 Å². The van der Waals surface area contributed by atoms with Gasteiger partial charge < -0.3 is 10.6 Å². The Labute approximate surface area is 131 Å². The molecular formula is C17H25N3O2. The van der Waals surface area contributed by atoms with Crippen LogP contribution in [0.4, 0.5) is 5.69 Å². The van der Waals surface area contributed by atoms with Gasteiger partial charge in [0.05, 0.1) is 0 Å². The van der Waals surface area contributed by atoms with Gasteiger partial charge in [-0.2, -0.15) is 0 Å². The smallest absolute Gasteiger partial charge is 0.247 e. The van der Waals surface area contributed by atoms with E-state index >= 15 is 0 Å². The molecule has 0 radical (unpaired) electrons. The van der Waals surface area contributed by atoms with Gasteiger partial charge in [-0.15, -0.1) is 0 Å². The number of carbonyl (C=O) groups excluding carboxylic acids is 2. The summed E-state index contributed by atoms with van der Waals surface area (Å²) in [5.41, 5.74) is 0.692. The summed E-state index contributed by atoms with van der Waals surface area (Å²) in [4.78, 5) is 28.7. The molecule has 5 nitrogen and oxygen atoms in total. The largest absolute Gasteiger partial charge is 0.344 e. The van der Waals surface area contributed by atoms with Crippen LogP contribution >= 0.6 is 0 Å². The number of hydrogen-bond acceptors (Lipinski definition) is 3. The van der Waals surface area contributed by atoms with Gasteiger partial charge in [0.25, 0.3) is 0 Å². The standard InChI is InChI=1S/C17H25N3O2/c1-12(2)15(17(22)19-14-8-10-18-11-9-14)20-16(21)13-6-4-3-5-7-13/h8-13,15H,3-7H2,1-2H3,(H,20,21)(H,18,19,22)/t15-/m0/s1. The Balaban J connectivity index is 1.96. The summed E-state index contributed by atoms with van der Waals surface area (Å²) in [5, 5.41) is 5.78. The third-order valence-electron chi connectivity index (χ3n) is 4.17. The molecule has 1 heterocycles. The lowest BCUT2D eigenvalue weighted by atomic mass is 9.88. The van der Waals surface area contributed by atoms with Crippen LogP contribution in [0, 0.1) is 11.8 Å². The number of rotatable bonds is 5. The van der Waals surface area contributed by atoms with Gasteiger partial charge in [-0.05, 0) is 30.9 Å². The summed E-state index contributed by atoms with van der Waals surface area (Å²) < 4.78 is 0. The zero-order chi connectivity index (χ0) is 15.9. The maximum Gasteiger partial charge on any atom is 0.247 e. The summed E-state index contributed by atoms with van der Waals surface area (Å²) in [7, 11) is 0. The van der Waals surface area contributed by atoms with Crippen LogP contribution in [-0.4, -0.2) is 22.8 Å². The number of amides is 2. The number of pyridine rings is 1. The normalized spacial score (nSPS) is 17.0. The maximum atomic E-state index is 12.4. The van der Waals surface area contributed by atoms with Crippen LogP contribution < -0.4 is 10.6 Å². The van der Waals surface area contributed by atoms with Gasteiger partial charge >= 0.3 is 0 Å². The quantitative estimate of drug-likeness (QED) is 0.878. The van der Waals surface area contributed by atoms with E-state index in [-0.39, 0.29) is 23.7 Å². The predicted octanol–water partition coefficient (Wildman–Crippen LogP) is 2.74. The van der Waals surface area contributed by atoms with Crippen molar-refractivity contribution in [1.29, 1.82) is 0 Å². The van der Waals surface area contributed by atoms with E-state index in [2.05, 4.69) is 15.6 Å². The fourth-order valence-electron chi connectivity index (χ4n) is 2.83. The van der Waals surface area contributed by atoms with E-state index in [1.54, 1.807) is 24.5 Å². The highest BCUT2D eigenvalue weighted by molar-refractivity contribution is 5.97. The topological polar surface area (TPSA) is 71.1 Å². The summed E-state index contributed by atoms with van der Waals surface area (Å²) in [6.07, 6.45) is 8.54. The number of nitrogens with one attached hydrogen (secondary N) is 2. The third-order valence-corrected chi connectivity index (χ3v) is 4.17. The molecule has 0 aromatic carbocycles. The summed E-state index contributed by atoms with van der Waals surface area (Å²) in [5.74, 6) is -0.0632. The highest BCUT2D eigenvalue weighted by Crippen LogP contribution is 2.24. The van der Waals surface area contributed by atoms with E-state index in [1.165, 1.54) is 6.42 Å². The second-order valence-electron chi connectivity index (χ2n) is 6.29. The van der Waals surface area contributed by atoms with Gasteiger partial charge in [-0.1, -0.05) is 33.1 Å². The molecule has 22 heavy (non-hydrogen) atoms. The Morgan fingerprint density at radius 3 is 2.36 bits per heavy atom. The van der Waals surface area contributed by atoms with Crippen LogP contribution in [-0.2, 0) is 9.59 Å². The van der Waals surface area contributed by atoms with Gasteiger partial charge in [0, 0.05) is 24.0 Å². The Kier molecular flexibility index (Phi) is 5.92. The maximum absolute atomic E-state index is 12.4. The van der Waals surface area contributed by atoms with Crippen LogP contribution in [0.25, 0.3) is 0 Å². The lowest BCUT2D eigenvalue weighted by molar-refractivity contribution is -0.130. The van der Waals surface area contributed by atoms with Crippen LogP contribution in [0.5, 0.6) is 0 Å². The minimum Gasteiger partial charge on any atom is -0.344 e. The van der Waals surface area contributed by atoms with Crippen molar-refractivity contribution in [3.8, 4) is 0 Å². The van der Waals surface area contributed by atoms with Gasteiger partial charge in [0.1, 0.15) is 6.04 Å². The molecule has 2 N–H and O–H groups in total. The Morgan fingerprint density at radius 1 is 1.14 bits per heavy atom. The predicted molar refractivity (Wildman–Crippen MR) is 86.2 cm³/mol. The SMILES string of the molecule is CC(C)[C@H](NC(=O)C1CCCCC1)C(=O)Nc1ccncc1. The van der Waals surface area contributed by atoms with Crippen LogP contribution in [0.15, 0.2) is 24.5 Å². The first-order valence-electron chi connectivity index (χ1n) is 8.09. The van der Waals surface area contributed by atoms with Crippen molar-refractivity contribution in [2.75, 3.05) is 5.32 Å². The van der Waals surface area contributed by atoms with Gasteiger partial charge in [-0.25, -0.2) is 0 Å². The first kappa shape index (κ1) is 16.5.